The van der Waals surface area contributed by atoms with Gasteiger partial charge in [0.1, 0.15) is 12.6 Å². The summed E-state index contributed by atoms with van der Waals surface area (Å²) in [5.41, 5.74) is 9.93. The van der Waals surface area contributed by atoms with E-state index >= 15 is 0 Å². The highest BCUT2D eigenvalue weighted by Crippen LogP contribution is 2.30. The highest BCUT2D eigenvalue weighted by molar-refractivity contribution is 7.13. The zero-order valence-corrected chi connectivity index (χ0v) is 65.7. The Balaban J connectivity index is 0.0000389. The second-order valence-electron chi connectivity index (χ2n) is 24.6. The predicted molar refractivity (Wildman–Crippen MR) is 396 cm³/mol. The number of aliphatic hydroxyl groups excluding tert-OH is 1. The highest BCUT2D eigenvalue weighted by atomic mass is 35.5. The van der Waals surface area contributed by atoms with Crippen molar-refractivity contribution in [1.82, 2.24) is 20.5 Å². The number of hydrogen-bond acceptors (Lipinski definition) is 31. The van der Waals surface area contributed by atoms with Gasteiger partial charge in [-0.2, -0.15) is 0 Å². The number of ether oxygens (including phenoxy) is 23. The number of benzene rings is 1. The normalized spacial score (nSPS) is 14.4. The van der Waals surface area contributed by atoms with Crippen LogP contribution in [0.3, 0.4) is 0 Å². The van der Waals surface area contributed by atoms with Gasteiger partial charge in [-0.05, 0) is 23.5 Å². The summed E-state index contributed by atoms with van der Waals surface area (Å²) in [4.78, 5) is 59.3. The number of esters is 1. The number of β-amino-alcohol motifs (C(OH)–C–C–N with tert-alkyl or cyclic N) is 1. The van der Waals surface area contributed by atoms with Crippen molar-refractivity contribution < 1.29 is 133 Å². The molecule has 0 radical (unpaired) electrons. The van der Waals surface area contributed by atoms with E-state index in [0.717, 1.165) is 16.1 Å². The van der Waals surface area contributed by atoms with Crippen molar-refractivity contribution >= 4 is 47.4 Å². The number of aromatic nitrogens is 1. The van der Waals surface area contributed by atoms with Crippen molar-refractivity contribution in [3.63, 3.8) is 0 Å². The maximum absolute atomic E-state index is 13.8. The van der Waals surface area contributed by atoms with Crippen LogP contribution in [-0.4, -0.2) is 368 Å². The minimum atomic E-state index is -0.982. The first kappa shape index (κ1) is 99.1. The first-order chi connectivity index (χ1) is 51.8. The number of halogens is 1. The Labute approximate surface area is 643 Å². The van der Waals surface area contributed by atoms with E-state index in [1.807, 2.05) is 52.0 Å². The molecule has 1 saturated heterocycles. The summed E-state index contributed by atoms with van der Waals surface area (Å²) in [5, 5.41) is 16.2. The van der Waals surface area contributed by atoms with E-state index in [1.54, 1.807) is 12.6 Å². The molecular weight excluding hydrogens is 1450 g/mol. The topological polar surface area (TPSA) is 367 Å². The fraction of sp³-hybridized carbons (Fsp3) is 0.819. The number of nitrogens with two attached hydrogens (primary N) is 1. The molecule has 3 rings (SSSR count). The molecule has 622 valence electrons. The lowest BCUT2D eigenvalue weighted by Crippen LogP contribution is -2.55. The lowest BCUT2D eigenvalue weighted by molar-refractivity contribution is -0.146. The van der Waals surface area contributed by atoms with E-state index < -0.39 is 47.4 Å². The summed E-state index contributed by atoms with van der Waals surface area (Å²) in [6.07, 6.45) is -1.19. The van der Waals surface area contributed by atoms with Crippen LogP contribution in [0.4, 0.5) is 0 Å². The largest absolute Gasteiger partial charge is 0.463 e. The average Bonchev–Trinajstić information content (AvgIpc) is 1.71. The van der Waals surface area contributed by atoms with Gasteiger partial charge in [0.25, 0.3) is 0 Å². The fourth-order valence-electron chi connectivity index (χ4n) is 9.25. The third kappa shape index (κ3) is 55.2. The van der Waals surface area contributed by atoms with Gasteiger partial charge in [0, 0.05) is 33.0 Å². The fourth-order valence-corrected chi connectivity index (χ4v) is 10.1. The number of methoxy groups -OCH3 is 1. The number of carbonyl (C=O) groups is 4. The minimum absolute atomic E-state index is 0. The molecule has 0 bridgehead atoms. The van der Waals surface area contributed by atoms with Gasteiger partial charge in [-0.3, -0.25) is 19.2 Å². The van der Waals surface area contributed by atoms with E-state index in [1.165, 1.54) is 16.2 Å². The van der Waals surface area contributed by atoms with E-state index in [9.17, 15) is 24.3 Å². The zero-order chi connectivity index (χ0) is 76.3. The summed E-state index contributed by atoms with van der Waals surface area (Å²) in [6.45, 7) is 27.3. The monoisotopic (exact) mass is 1580 g/mol. The molecule has 1 fully saturated rings. The second kappa shape index (κ2) is 70.0. The smallest absolute Gasteiger partial charge is 0.306 e. The number of carbonyl (C=O) groups excluding carboxylic acids is 4. The van der Waals surface area contributed by atoms with Crippen molar-refractivity contribution in [2.24, 2.45) is 11.1 Å². The lowest BCUT2D eigenvalue weighted by Gasteiger charge is -2.33. The van der Waals surface area contributed by atoms with Crippen LogP contribution < -0.4 is 16.4 Å². The Kier molecular flexibility index (Phi) is 64.8. The molecule has 5 N–H and O–H groups in total. The van der Waals surface area contributed by atoms with Crippen LogP contribution in [0, 0.1) is 12.3 Å². The number of aliphatic hydroxyl groups is 1. The Bertz CT molecular complexity index is 2400. The molecule has 1 aromatic heterocycles. The summed E-state index contributed by atoms with van der Waals surface area (Å²) in [7, 11) is 1.64. The Morgan fingerprint density at radius 3 is 1.09 bits per heavy atom. The number of likely N-dealkylation sites (tertiary alicyclic amines) is 1. The van der Waals surface area contributed by atoms with E-state index in [-0.39, 0.29) is 63.9 Å². The standard InChI is InChI=1S/C72H127N5O28S.ClH/c1-60-68(106-59-75-60)62-8-6-61(7-9-62)64(76-70(81)65-56-63(78)57-77(65)71(82)69(73)72(2,3)4)58-105-67(80)11-10-66(79)74-12-13-84-16-17-86-20-21-88-24-25-90-28-29-92-32-33-94-36-37-96-40-41-98-44-45-100-48-49-102-52-53-104-55-54-103-51-50-101-47-46-99-43-42-97-39-38-95-35-34-93-31-30-91-27-26-89-23-22-87-19-18-85-15-14-83-5;/h6-9,59,63-65,69,78H,10-58,73H2,1-5H3,(H,74,79)(H,76,81);1H/t63-,64+,65+,69-;/m1./s1. The van der Waals surface area contributed by atoms with Crippen LogP contribution in [-0.2, 0) is 128 Å². The first-order valence-electron chi connectivity index (χ1n) is 36.9. The molecule has 33 nitrogen and oxygen atoms in total. The number of hydrogen-bond donors (Lipinski definition) is 4. The third-order valence-corrected chi connectivity index (χ3v) is 16.1. The number of amides is 3. The molecule has 2 aromatic rings. The van der Waals surface area contributed by atoms with Crippen LogP contribution >= 0.6 is 23.7 Å². The van der Waals surface area contributed by atoms with Gasteiger partial charge in [0.15, 0.2) is 0 Å². The van der Waals surface area contributed by atoms with Gasteiger partial charge in [-0.1, -0.05) is 45.0 Å². The number of rotatable bonds is 76. The van der Waals surface area contributed by atoms with Crippen LogP contribution in [0.5, 0.6) is 0 Å². The molecule has 2 heterocycles. The Morgan fingerprint density at radius 2 is 0.804 bits per heavy atom. The number of nitrogens with one attached hydrogen (secondary N) is 2. The Morgan fingerprint density at radius 1 is 0.495 bits per heavy atom. The molecule has 4 atom stereocenters. The molecule has 0 saturated carbocycles. The molecule has 0 spiro atoms. The quantitative estimate of drug-likeness (QED) is 0.0546. The molecule has 35 heteroatoms. The maximum atomic E-state index is 13.8. The van der Waals surface area contributed by atoms with E-state index in [2.05, 4.69) is 15.6 Å². The lowest BCUT2D eigenvalue weighted by atomic mass is 9.86. The van der Waals surface area contributed by atoms with Gasteiger partial charge < -0.3 is 135 Å². The van der Waals surface area contributed by atoms with Crippen molar-refractivity contribution in [1.29, 1.82) is 0 Å². The molecule has 0 aliphatic carbocycles. The molecule has 1 aliphatic rings. The second-order valence-corrected chi connectivity index (χ2v) is 25.4. The number of thiazole rings is 1. The van der Waals surface area contributed by atoms with Gasteiger partial charge in [0.05, 0.1) is 325 Å². The van der Waals surface area contributed by atoms with Gasteiger partial charge in [0.2, 0.25) is 17.7 Å². The van der Waals surface area contributed by atoms with Crippen LogP contribution in [0.25, 0.3) is 10.4 Å². The summed E-state index contributed by atoms with van der Waals surface area (Å²) in [5.74, 6) is -1.94. The van der Waals surface area contributed by atoms with Gasteiger partial charge in [-0.25, -0.2) is 4.98 Å². The number of aryl methyl sites for hydroxylation is 1. The van der Waals surface area contributed by atoms with Crippen molar-refractivity contribution in [2.75, 3.05) is 311 Å². The number of nitrogens with zero attached hydrogens (tertiary/aromatic N) is 2. The summed E-state index contributed by atoms with van der Waals surface area (Å²) >= 11 is 1.51. The third-order valence-electron chi connectivity index (χ3n) is 15.1. The van der Waals surface area contributed by atoms with Crippen molar-refractivity contribution in [3.05, 3.63) is 41.0 Å². The molecule has 3 amide bonds. The maximum Gasteiger partial charge on any atom is 0.306 e. The molecule has 1 aliphatic heterocycles. The predicted octanol–water partition coefficient (Wildman–Crippen LogP) is 2.47. The Hall–Kier alpha value is -3.94. The van der Waals surface area contributed by atoms with E-state index in [0.29, 0.717) is 283 Å². The van der Waals surface area contributed by atoms with Crippen LogP contribution in [0.1, 0.15) is 57.3 Å². The molecule has 1 aromatic carbocycles. The van der Waals surface area contributed by atoms with Gasteiger partial charge in [-0.15, -0.1) is 23.7 Å². The summed E-state index contributed by atoms with van der Waals surface area (Å²) < 4.78 is 126. The van der Waals surface area contributed by atoms with Crippen LogP contribution in [0.15, 0.2) is 29.8 Å². The van der Waals surface area contributed by atoms with Crippen molar-refractivity contribution in [2.45, 2.75) is 71.2 Å². The molecule has 107 heavy (non-hydrogen) atoms. The van der Waals surface area contributed by atoms with Crippen molar-refractivity contribution in [3.8, 4) is 10.4 Å². The minimum Gasteiger partial charge on any atom is -0.463 e. The summed E-state index contributed by atoms with van der Waals surface area (Å²) in [6, 6.07) is 4.76. The molecule has 0 unspecified atom stereocenters. The zero-order valence-electron chi connectivity index (χ0n) is 64.1. The van der Waals surface area contributed by atoms with Gasteiger partial charge >= 0.3 is 5.97 Å². The van der Waals surface area contributed by atoms with E-state index in [4.69, 9.17) is 115 Å². The molecular formula is C72H128ClN5O28S. The first-order valence-corrected chi connectivity index (χ1v) is 37.8. The average molecular weight is 1580 g/mol. The highest BCUT2D eigenvalue weighted by Gasteiger charge is 2.43. The van der Waals surface area contributed by atoms with Crippen LogP contribution in [0.2, 0.25) is 0 Å². The SMILES string of the molecule is COCCOCCOCCOCCOCCOCCOCCOCCOCCOCCOCCOCCOCCOCCOCCOCCOCCOCCOCCOCCOCCOCCNC(=O)CCC(=O)OC[C@H](NC(=O)[C@@H]1C[C@@H](O)CN1C(=O)[C@@H](N)C(C)(C)C)c1ccc(-c2scnc2C)cc1.Cl.